The predicted octanol–water partition coefficient (Wildman–Crippen LogP) is 4.55. The Hall–Kier alpha value is -2.79. The number of aliphatic imine (C=N–C) groups is 1. The van der Waals surface area contributed by atoms with Crippen LogP contribution in [-0.2, 0) is 4.79 Å². The van der Waals surface area contributed by atoms with Crippen LogP contribution >= 0.6 is 11.6 Å². The largest absolute Gasteiger partial charge is 0.506 e. The van der Waals surface area contributed by atoms with Crippen LogP contribution < -0.4 is 10.1 Å². The molecule has 2 N–H and O–H groups in total. The van der Waals surface area contributed by atoms with Gasteiger partial charge in [-0.3, -0.25) is 9.79 Å². The first-order valence-corrected chi connectivity index (χ1v) is 8.67. The van der Waals surface area contributed by atoms with E-state index in [1.807, 2.05) is 6.92 Å². The molecule has 0 heterocycles. The molecule has 0 unspecified atom stereocenters. The van der Waals surface area contributed by atoms with Crippen LogP contribution in [0, 0.1) is 0 Å². The van der Waals surface area contributed by atoms with Gasteiger partial charge < -0.3 is 15.2 Å². The Morgan fingerprint density at radius 3 is 2.50 bits per heavy atom. The summed E-state index contributed by atoms with van der Waals surface area (Å²) in [5.41, 5.74) is 1.03. The number of ether oxygens (including phenoxy) is 1. The number of nitrogens with one attached hydrogen (secondary N) is 1. The van der Waals surface area contributed by atoms with Crippen molar-refractivity contribution in [1.82, 2.24) is 5.32 Å². The molecule has 0 aliphatic rings. The van der Waals surface area contributed by atoms with Gasteiger partial charge in [-0.2, -0.15) is 0 Å². The minimum Gasteiger partial charge on any atom is -0.506 e. The fraction of sp³-hybridized carbons (Fsp3) is 0.200. The van der Waals surface area contributed by atoms with Gasteiger partial charge in [0, 0.05) is 18.3 Å². The molecule has 0 bridgehead atoms. The first-order chi connectivity index (χ1) is 12.6. The highest BCUT2D eigenvalue weighted by atomic mass is 35.5. The lowest BCUT2D eigenvalue weighted by atomic mass is 10.1. The summed E-state index contributed by atoms with van der Waals surface area (Å²) >= 11 is 6.12. The van der Waals surface area contributed by atoms with Crippen molar-refractivity contribution in [1.29, 1.82) is 0 Å². The van der Waals surface area contributed by atoms with Crippen LogP contribution in [0.1, 0.15) is 19.4 Å². The van der Waals surface area contributed by atoms with Crippen molar-refractivity contribution in [2.75, 3.05) is 13.2 Å². The number of aliphatic hydroxyl groups excluding tert-OH is 1. The molecule has 0 fully saturated rings. The Morgan fingerprint density at radius 2 is 1.88 bits per heavy atom. The second-order valence-electron chi connectivity index (χ2n) is 5.29. The summed E-state index contributed by atoms with van der Waals surface area (Å²) in [6.07, 6.45) is 1.33. The molecule has 5 nitrogen and oxygen atoms in total. The molecule has 0 aliphatic heterocycles. The molecule has 2 aromatic carbocycles. The minimum atomic E-state index is -0.431. The van der Waals surface area contributed by atoms with Gasteiger partial charge in [0.05, 0.1) is 22.9 Å². The zero-order chi connectivity index (χ0) is 18.9. The van der Waals surface area contributed by atoms with Crippen molar-refractivity contribution < 1.29 is 14.6 Å². The number of benzene rings is 2. The smallest absolute Gasteiger partial charge is 0.256 e. The van der Waals surface area contributed by atoms with Gasteiger partial charge in [-0.1, -0.05) is 23.7 Å². The van der Waals surface area contributed by atoms with Crippen LogP contribution in [0.2, 0.25) is 5.02 Å². The minimum absolute atomic E-state index is 0.0360. The van der Waals surface area contributed by atoms with Crippen molar-refractivity contribution in [3.05, 3.63) is 64.7 Å². The quantitative estimate of drug-likeness (QED) is 0.425. The summed E-state index contributed by atoms with van der Waals surface area (Å²) in [7, 11) is 0. The highest BCUT2D eigenvalue weighted by Crippen LogP contribution is 2.24. The van der Waals surface area contributed by atoms with Gasteiger partial charge in [0.1, 0.15) is 11.5 Å². The van der Waals surface area contributed by atoms with E-state index in [1.165, 1.54) is 6.21 Å². The van der Waals surface area contributed by atoms with Crippen LogP contribution in [0.15, 0.2) is 59.1 Å². The van der Waals surface area contributed by atoms with Crippen LogP contribution in [0.3, 0.4) is 0 Å². The summed E-state index contributed by atoms with van der Waals surface area (Å²) in [4.78, 5) is 16.6. The number of rotatable bonds is 7. The number of aliphatic hydroxyl groups is 1. The van der Waals surface area contributed by atoms with E-state index in [0.717, 1.165) is 5.75 Å². The van der Waals surface area contributed by atoms with E-state index in [9.17, 15) is 9.90 Å². The number of carbonyl (C=O) groups excluding carboxylic acids is 1. The van der Waals surface area contributed by atoms with Gasteiger partial charge >= 0.3 is 0 Å². The van der Waals surface area contributed by atoms with Gasteiger partial charge in [0.25, 0.3) is 5.91 Å². The Bertz CT molecular complexity index is 814. The maximum atomic E-state index is 12.3. The third kappa shape index (κ3) is 5.10. The molecule has 0 radical (unpaired) electrons. The zero-order valence-electron chi connectivity index (χ0n) is 14.7. The lowest BCUT2D eigenvalue weighted by Crippen LogP contribution is -2.26. The molecule has 0 spiro atoms. The summed E-state index contributed by atoms with van der Waals surface area (Å²) in [5.74, 6) is 0.0840. The topological polar surface area (TPSA) is 70.9 Å². The summed E-state index contributed by atoms with van der Waals surface area (Å²) in [6, 6.07) is 13.9. The molecule has 0 saturated heterocycles. The van der Waals surface area contributed by atoms with Crippen LogP contribution in [0.25, 0.3) is 5.76 Å². The number of hydrogen-bond donors (Lipinski definition) is 2. The molecule has 2 aromatic rings. The molecule has 0 atom stereocenters. The van der Waals surface area contributed by atoms with Crippen LogP contribution in [0.5, 0.6) is 5.75 Å². The number of halogens is 1. The maximum absolute atomic E-state index is 12.3. The first-order valence-electron chi connectivity index (χ1n) is 8.30. The van der Waals surface area contributed by atoms with Gasteiger partial charge in [-0.25, -0.2) is 0 Å². The van der Waals surface area contributed by atoms with E-state index >= 15 is 0 Å². The SMILES string of the molecule is CCNC(=O)C(C=Nc1ccc(OCC)cc1)=C(O)c1ccccc1Cl. The summed E-state index contributed by atoms with van der Waals surface area (Å²) in [6.45, 7) is 4.71. The number of nitrogens with zero attached hydrogens (tertiary/aromatic N) is 1. The highest BCUT2D eigenvalue weighted by molar-refractivity contribution is 6.32. The third-order valence-corrected chi connectivity index (χ3v) is 3.79. The molecule has 0 aromatic heterocycles. The standard InChI is InChI=1S/C20H21ClN2O3/c1-3-22-20(25)17(19(24)16-7-5-6-8-18(16)21)13-23-14-9-11-15(12-10-14)26-4-2/h5-13,24H,3-4H2,1-2H3,(H,22,25). The van der Waals surface area contributed by atoms with E-state index < -0.39 is 5.91 Å². The van der Waals surface area contributed by atoms with Crippen molar-refractivity contribution in [3.8, 4) is 5.75 Å². The number of hydrogen-bond acceptors (Lipinski definition) is 4. The molecule has 0 aliphatic carbocycles. The van der Waals surface area contributed by atoms with E-state index in [2.05, 4.69) is 10.3 Å². The summed E-state index contributed by atoms with van der Waals surface area (Å²) < 4.78 is 5.39. The van der Waals surface area contributed by atoms with Gasteiger partial charge in [0.15, 0.2) is 0 Å². The predicted molar refractivity (Wildman–Crippen MR) is 105 cm³/mol. The Kier molecular flexibility index (Phi) is 7.24. The fourth-order valence-electron chi connectivity index (χ4n) is 2.22. The van der Waals surface area contributed by atoms with Crippen LogP contribution in [0.4, 0.5) is 5.69 Å². The number of likely N-dealkylation sites (N-methyl/N-ethyl adjacent to an activating group) is 1. The molecule has 136 valence electrons. The number of carbonyl (C=O) groups is 1. The van der Waals surface area contributed by atoms with Crippen molar-refractivity contribution in [2.24, 2.45) is 4.99 Å². The normalized spacial score (nSPS) is 12.0. The van der Waals surface area contributed by atoms with E-state index in [1.54, 1.807) is 55.5 Å². The molecule has 1 amide bonds. The second-order valence-corrected chi connectivity index (χ2v) is 5.69. The zero-order valence-corrected chi connectivity index (χ0v) is 15.5. The molecular weight excluding hydrogens is 352 g/mol. The van der Waals surface area contributed by atoms with Gasteiger partial charge in [0.2, 0.25) is 0 Å². The molecule has 2 rings (SSSR count). The van der Waals surface area contributed by atoms with Gasteiger partial charge in [-0.05, 0) is 50.2 Å². The van der Waals surface area contributed by atoms with Gasteiger partial charge in [-0.15, -0.1) is 0 Å². The summed E-state index contributed by atoms with van der Waals surface area (Å²) in [5, 5.41) is 13.6. The van der Waals surface area contributed by atoms with Crippen LogP contribution in [-0.4, -0.2) is 30.4 Å². The lowest BCUT2D eigenvalue weighted by Gasteiger charge is -2.09. The molecular formula is C20H21ClN2O3. The van der Waals surface area contributed by atoms with Crippen molar-refractivity contribution >= 4 is 35.2 Å². The molecule has 6 heteroatoms. The third-order valence-electron chi connectivity index (χ3n) is 3.46. The number of amides is 1. The highest BCUT2D eigenvalue weighted by Gasteiger charge is 2.16. The first kappa shape index (κ1) is 19.5. The Balaban J connectivity index is 2.37. The average molecular weight is 373 g/mol. The molecule has 0 saturated carbocycles. The van der Waals surface area contributed by atoms with Crippen molar-refractivity contribution in [3.63, 3.8) is 0 Å². The Morgan fingerprint density at radius 1 is 1.19 bits per heavy atom. The Labute approximate surface area is 158 Å². The van der Waals surface area contributed by atoms with E-state index in [0.29, 0.717) is 29.4 Å². The second kappa shape index (κ2) is 9.63. The van der Waals surface area contributed by atoms with Crippen molar-refractivity contribution in [2.45, 2.75) is 13.8 Å². The fourth-order valence-corrected chi connectivity index (χ4v) is 2.44. The average Bonchev–Trinajstić information content (AvgIpc) is 2.64. The van der Waals surface area contributed by atoms with E-state index in [-0.39, 0.29) is 11.3 Å². The maximum Gasteiger partial charge on any atom is 0.256 e. The molecule has 26 heavy (non-hydrogen) atoms. The lowest BCUT2D eigenvalue weighted by molar-refractivity contribution is -0.116. The van der Waals surface area contributed by atoms with E-state index in [4.69, 9.17) is 16.3 Å². The monoisotopic (exact) mass is 372 g/mol.